The van der Waals surface area contributed by atoms with Gasteiger partial charge in [-0.15, -0.1) is 0 Å². The summed E-state index contributed by atoms with van der Waals surface area (Å²) in [7, 11) is 0. The molecule has 0 aliphatic carbocycles. The summed E-state index contributed by atoms with van der Waals surface area (Å²) in [6.45, 7) is 4.10. The Bertz CT molecular complexity index is 1200. The molecule has 1 saturated heterocycles. The van der Waals surface area contributed by atoms with Crippen molar-refractivity contribution in [1.82, 2.24) is 19.9 Å². The van der Waals surface area contributed by atoms with Crippen LogP contribution in [0.3, 0.4) is 0 Å². The number of nitriles is 1. The first kappa shape index (κ1) is 22.3. The molecule has 0 atom stereocenters. The lowest BCUT2D eigenvalue weighted by Gasteiger charge is -2.31. The number of hydrogen-bond donors (Lipinski definition) is 2. The molecule has 0 amide bonds. The van der Waals surface area contributed by atoms with Crippen LogP contribution in [-0.2, 0) is 6.54 Å². The minimum Gasteiger partial charge on any atom is -0.454 e. The van der Waals surface area contributed by atoms with Gasteiger partial charge in [0.25, 0.3) is 5.65 Å². The highest BCUT2D eigenvalue weighted by Crippen LogP contribution is 2.42. The molecule has 33 heavy (non-hydrogen) atoms. The lowest BCUT2D eigenvalue weighted by molar-refractivity contribution is -0.677. The molecule has 4 heterocycles. The van der Waals surface area contributed by atoms with Crippen molar-refractivity contribution in [2.45, 2.75) is 42.3 Å². The number of imidazole rings is 1. The number of anilines is 1. The lowest BCUT2D eigenvalue weighted by atomic mass is 9.93. The maximum Gasteiger partial charge on any atom is 0.294 e. The predicted octanol–water partition coefficient (Wildman–Crippen LogP) is 3.49. The highest BCUT2D eigenvalue weighted by molar-refractivity contribution is 9.10. The molecule has 9 nitrogen and oxygen atoms in total. The van der Waals surface area contributed by atoms with Gasteiger partial charge < -0.3 is 25.1 Å². The van der Waals surface area contributed by atoms with Crippen molar-refractivity contribution in [3.8, 4) is 17.6 Å². The number of halogens is 1. The van der Waals surface area contributed by atoms with E-state index in [-0.39, 0.29) is 6.79 Å². The third kappa shape index (κ3) is 4.88. The largest absolute Gasteiger partial charge is 0.454 e. The van der Waals surface area contributed by atoms with E-state index in [0.717, 1.165) is 82.6 Å². The highest BCUT2D eigenvalue weighted by Gasteiger charge is 2.24. The summed E-state index contributed by atoms with van der Waals surface area (Å²) in [5.74, 6) is 2.57. The first-order valence-electron chi connectivity index (χ1n) is 11.0. The second-order valence-electron chi connectivity index (χ2n) is 8.28. The van der Waals surface area contributed by atoms with Crippen molar-refractivity contribution < 1.29 is 14.0 Å². The first-order valence-corrected chi connectivity index (χ1v) is 12.6. The van der Waals surface area contributed by atoms with Gasteiger partial charge in [0.05, 0.1) is 12.6 Å². The van der Waals surface area contributed by atoms with Crippen molar-refractivity contribution >= 4 is 44.7 Å². The Morgan fingerprint density at radius 3 is 2.88 bits per heavy atom. The molecule has 3 N–H and O–H groups in total. The van der Waals surface area contributed by atoms with Crippen LogP contribution in [0.2, 0.25) is 0 Å². The van der Waals surface area contributed by atoms with E-state index in [0.29, 0.717) is 18.2 Å². The molecule has 1 fully saturated rings. The number of nitrogens with two attached hydrogens (primary N) is 1. The van der Waals surface area contributed by atoms with Crippen molar-refractivity contribution in [1.29, 1.82) is 5.26 Å². The molecule has 0 spiro atoms. The zero-order valence-corrected chi connectivity index (χ0v) is 20.5. The van der Waals surface area contributed by atoms with Crippen molar-refractivity contribution in [3.05, 3.63) is 22.9 Å². The summed E-state index contributed by atoms with van der Waals surface area (Å²) in [6, 6.07) is 6.10. The van der Waals surface area contributed by atoms with Gasteiger partial charge >= 0.3 is 0 Å². The fourth-order valence-electron chi connectivity index (χ4n) is 4.30. The number of likely N-dealkylation sites (tertiary alicyclic amines) is 1. The summed E-state index contributed by atoms with van der Waals surface area (Å²) >= 11 is 5.11. The number of hydrogen-bond acceptors (Lipinski definition) is 8. The number of nitrogen functional groups attached to an aromatic ring is 1. The normalized spacial score (nSPS) is 16.4. The van der Waals surface area contributed by atoms with E-state index in [9.17, 15) is 0 Å². The van der Waals surface area contributed by atoms with Crippen molar-refractivity contribution in [2.75, 3.05) is 32.2 Å². The van der Waals surface area contributed by atoms with Gasteiger partial charge in [0.15, 0.2) is 17.0 Å². The molecule has 0 saturated carbocycles. The Kier molecular flexibility index (Phi) is 6.57. The molecular weight excluding hydrogens is 506 g/mol. The Labute approximate surface area is 204 Å². The number of ether oxygens (including phenoxy) is 2. The summed E-state index contributed by atoms with van der Waals surface area (Å²) in [4.78, 5) is 15.9. The zero-order valence-electron chi connectivity index (χ0n) is 18.1. The van der Waals surface area contributed by atoms with Crippen LogP contribution in [0, 0.1) is 17.2 Å². The third-order valence-electron chi connectivity index (χ3n) is 6.19. The first-order chi connectivity index (χ1) is 16.1. The minimum atomic E-state index is 0.238. The van der Waals surface area contributed by atoms with E-state index in [4.69, 9.17) is 25.5 Å². The van der Waals surface area contributed by atoms with E-state index in [1.54, 1.807) is 6.33 Å². The molecule has 2 aromatic heterocycles. The molecule has 172 valence electrons. The minimum absolute atomic E-state index is 0.238. The second kappa shape index (κ2) is 9.75. The SMILES string of the molecule is N#CCCN1CCC(CC[n+]2cnc(N)c3[nH]c(Sc4cc5c(cc4Br)OCO5)nc32)CC1. The third-order valence-corrected chi connectivity index (χ3v) is 8.05. The molecule has 0 radical (unpaired) electrons. The Morgan fingerprint density at radius 1 is 1.30 bits per heavy atom. The van der Waals surface area contributed by atoms with Crippen LogP contribution in [-0.4, -0.2) is 46.3 Å². The number of aromatic amines is 1. The van der Waals surface area contributed by atoms with Gasteiger partial charge in [0.2, 0.25) is 24.1 Å². The predicted molar refractivity (Wildman–Crippen MR) is 127 cm³/mol. The van der Waals surface area contributed by atoms with Gasteiger partial charge in [-0.25, -0.2) is 4.57 Å². The number of fused-ring (bicyclic) bond motifs is 2. The van der Waals surface area contributed by atoms with E-state index in [1.165, 1.54) is 11.8 Å². The molecule has 11 heteroatoms. The Morgan fingerprint density at radius 2 is 2.09 bits per heavy atom. The summed E-state index contributed by atoms with van der Waals surface area (Å²) < 4.78 is 13.9. The van der Waals surface area contributed by atoms with E-state index < -0.39 is 0 Å². The van der Waals surface area contributed by atoms with Gasteiger partial charge in [-0.1, -0.05) is 9.97 Å². The lowest BCUT2D eigenvalue weighted by Crippen LogP contribution is -2.39. The average molecular weight is 531 g/mol. The van der Waals surface area contributed by atoms with Crippen molar-refractivity contribution in [3.63, 3.8) is 0 Å². The van der Waals surface area contributed by atoms with E-state index >= 15 is 0 Å². The summed E-state index contributed by atoms with van der Waals surface area (Å²) in [6.07, 6.45) is 5.79. The number of H-pyrrole nitrogens is 1. The van der Waals surface area contributed by atoms with Gasteiger partial charge in [0, 0.05) is 22.3 Å². The molecular formula is C22H25BrN7O2S+. The van der Waals surface area contributed by atoms with Crippen LogP contribution in [0.15, 0.2) is 33.0 Å². The summed E-state index contributed by atoms with van der Waals surface area (Å²) in [5.41, 5.74) is 7.72. The molecule has 3 aromatic rings. The molecule has 0 bridgehead atoms. The number of rotatable bonds is 7. The van der Waals surface area contributed by atoms with Crippen LogP contribution < -0.4 is 19.8 Å². The van der Waals surface area contributed by atoms with Gasteiger partial charge in [-0.2, -0.15) is 5.26 Å². The monoisotopic (exact) mass is 530 g/mol. The maximum atomic E-state index is 8.78. The van der Waals surface area contributed by atoms with Gasteiger partial charge in [-0.3, -0.25) is 0 Å². The quantitative estimate of drug-likeness (QED) is 0.445. The number of piperidine rings is 1. The fourth-order valence-corrected chi connectivity index (χ4v) is 5.68. The van der Waals surface area contributed by atoms with Crippen LogP contribution in [0.25, 0.3) is 11.2 Å². The van der Waals surface area contributed by atoms with Crippen molar-refractivity contribution in [2.24, 2.45) is 5.92 Å². The summed E-state index contributed by atoms with van der Waals surface area (Å²) in [5, 5.41) is 9.52. The fraction of sp³-hybridized carbons (Fsp3) is 0.455. The molecule has 2 aliphatic heterocycles. The van der Waals surface area contributed by atoms with Gasteiger partial charge in [-0.05, 0) is 78.1 Å². The number of nitrogens with one attached hydrogen (secondary N) is 1. The Balaban J connectivity index is 1.28. The van der Waals surface area contributed by atoms with Crippen LogP contribution >= 0.6 is 27.7 Å². The van der Waals surface area contributed by atoms with Crippen LogP contribution in [0.1, 0.15) is 25.7 Å². The number of aromatic nitrogens is 4. The number of nitrogens with zero attached hydrogens (tertiary/aromatic N) is 5. The second-order valence-corrected chi connectivity index (χ2v) is 10.2. The molecule has 5 rings (SSSR count). The molecule has 0 unspecified atom stereocenters. The number of aryl methyl sites for hydroxylation is 1. The molecule has 1 aromatic carbocycles. The average Bonchev–Trinajstić information content (AvgIpc) is 3.45. The van der Waals surface area contributed by atoms with E-state index in [2.05, 4.69) is 41.4 Å². The highest BCUT2D eigenvalue weighted by atomic mass is 79.9. The van der Waals surface area contributed by atoms with Crippen LogP contribution in [0.5, 0.6) is 11.5 Å². The molecule has 2 aliphatic rings. The number of benzene rings is 1. The zero-order chi connectivity index (χ0) is 22.8. The smallest absolute Gasteiger partial charge is 0.294 e. The maximum absolute atomic E-state index is 8.78. The standard InChI is InChI=1S/C22H24BrN7O2S/c23-15-10-16-17(32-13-31-16)11-18(15)33-22-27-19-20(25)26-12-30(21(19)28-22)9-4-14-2-7-29(8-3-14)6-1-5-24/h10-12,14H,1-4,6-9,13H2,(H2,25,27,28)/p+1. The van der Waals surface area contributed by atoms with Crippen LogP contribution in [0.4, 0.5) is 5.82 Å². The van der Waals surface area contributed by atoms with Gasteiger partial charge in [0.1, 0.15) is 0 Å². The topological polar surface area (TPSA) is 117 Å². The van der Waals surface area contributed by atoms with E-state index in [1.807, 2.05) is 12.1 Å². The Hall–Kier alpha value is -2.55.